The molecule has 0 atom stereocenters. The monoisotopic (exact) mass is 415 g/mol. The van der Waals surface area contributed by atoms with E-state index in [1.807, 2.05) is 56.6 Å². The third kappa shape index (κ3) is 4.59. The summed E-state index contributed by atoms with van der Waals surface area (Å²) >= 11 is 0. The molecule has 158 valence electrons. The number of fused-ring (bicyclic) bond motifs is 2. The maximum atomic E-state index is 12.8. The third-order valence-corrected chi connectivity index (χ3v) is 5.11. The Morgan fingerprint density at radius 3 is 2.42 bits per heavy atom. The molecule has 31 heavy (non-hydrogen) atoms. The van der Waals surface area contributed by atoms with E-state index in [2.05, 4.69) is 15.5 Å². The van der Waals surface area contributed by atoms with Crippen LogP contribution < -0.4 is 10.6 Å². The molecule has 1 aliphatic heterocycles. The van der Waals surface area contributed by atoms with Crippen LogP contribution >= 0.6 is 0 Å². The number of para-hydroxylation sites is 1. The summed E-state index contributed by atoms with van der Waals surface area (Å²) in [5.74, 6) is -0.393. The number of anilines is 4. The molecule has 1 aliphatic rings. The Kier molecular flexibility index (Phi) is 6.00. The number of carbonyl (C=O) groups excluding carboxylic acids is 2. The van der Waals surface area contributed by atoms with Gasteiger partial charge in [0.15, 0.2) is 5.78 Å². The number of carbonyl (C=O) groups is 2. The summed E-state index contributed by atoms with van der Waals surface area (Å²) in [6, 6.07) is 20.1. The number of hydrogen-bond donors (Lipinski definition) is 2. The molecule has 0 radical (unpaired) electrons. The minimum Gasteiger partial charge on any atom is -0.462 e. The average Bonchev–Trinajstić information content (AvgIpc) is 2.79. The van der Waals surface area contributed by atoms with Crippen LogP contribution in [0.2, 0.25) is 0 Å². The van der Waals surface area contributed by atoms with Crippen molar-refractivity contribution in [2.45, 2.75) is 6.42 Å². The van der Waals surface area contributed by atoms with Crippen LogP contribution in [0.5, 0.6) is 0 Å². The minimum atomic E-state index is -0.357. The van der Waals surface area contributed by atoms with E-state index in [-0.39, 0.29) is 11.8 Å². The van der Waals surface area contributed by atoms with Crippen LogP contribution in [0.25, 0.3) is 0 Å². The van der Waals surface area contributed by atoms with Crippen LogP contribution in [-0.4, -0.2) is 43.9 Å². The maximum Gasteiger partial charge on any atom is 0.340 e. The highest BCUT2D eigenvalue weighted by atomic mass is 16.5. The van der Waals surface area contributed by atoms with Gasteiger partial charge in [-0.15, -0.1) is 0 Å². The zero-order valence-electron chi connectivity index (χ0n) is 17.6. The topological polar surface area (TPSA) is 70.7 Å². The van der Waals surface area contributed by atoms with Crippen molar-refractivity contribution in [2.75, 3.05) is 37.9 Å². The normalized spacial score (nSPS) is 11.7. The van der Waals surface area contributed by atoms with Crippen LogP contribution in [0.15, 0.2) is 66.7 Å². The summed E-state index contributed by atoms with van der Waals surface area (Å²) in [5, 5.41) is 6.66. The predicted octanol–water partition coefficient (Wildman–Crippen LogP) is 4.83. The van der Waals surface area contributed by atoms with Crippen LogP contribution in [0.4, 0.5) is 22.7 Å². The van der Waals surface area contributed by atoms with Gasteiger partial charge in [0.05, 0.1) is 34.9 Å². The lowest BCUT2D eigenvalue weighted by Gasteiger charge is -2.25. The first-order valence-corrected chi connectivity index (χ1v) is 10.3. The zero-order valence-corrected chi connectivity index (χ0v) is 17.6. The Hall–Kier alpha value is -3.64. The lowest BCUT2D eigenvalue weighted by Crippen LogP contribution is -2.17. The number of benzene rings is 3. The van der Waals surface area contributed by atoms with Crippen molar-refractivity contribution >= 4 is 34.5 Å². The second-order valence-electron chi connectivity index (χ2n) is 7.73. The van der Waals surface area contributed by atoms with E-state index >= 15 is 0 Å². The highest BCUT2D eigenvalue weighted by molar-refractivity contribution is 6.11. The Labute approximate surface area is 181 Å². The molecule has 6 heteroatoms. The first-order valence-electron chi connectivity index (χ1n) is 10.3. The van der Waals surface area contributed by atoms with Crippen molar-refractivity contribution in [1.82, 2.24) is 4.90 Å². The van der Waals surface area contributed by atoms with Crippen LogP contribution in [0.3, 0.4) is 0 Å². The molecule has 0 aromatic heterocycles. The van der Waals surface area contributed by atoms with Crippen molar-refractivity contribution < 1.29 is 14.3 Å². The Morgan fingerprint density at radius 2 is 1.65 bits per heavy atom. The van der Waals surface area contributed by atoms with Crippen molar-refractivity contribution in [3.05, 3.63) is 83.4 Å². The summed E-state index contributed by atoms with van der Waals surface area (Å²) in [6.07, 6.45) is 0.778. The molecule has 0 aliphatic carbocycles. The van der Waals surface area contributed by atoms with Gasteiger partial charge in [-0.1, -0.05) is 36.4 Å². The molecule has 3 aromatic carbocycles. The second-order valence-corrected chi connectivity index (χ2v) is 7.73. The molecule has 0 saturated heterocycles. The van der Waals surface area contributed by atoms with Gasteiger partial charge in [0, 0.05) is 17.7 Å². The second kappa shape index (κ2) is 9.02. The van der Waals surface area contributed by atoms with Gasteiger partial charge in [-0.05, 0) is 50.8 Å². The van der Waals surface area contributed by atoms with E-state index in [0.717, 1.165) is 30.0 Å². The van der Waals surface area contributed by atoms with E-state index in [9.17, 15) is 9.59 Å². The minimum absolute atomic E-state index is 0.0361. The lowest BCUT2D eigenvalue weighted by atomic mass is 10.0. The molecule has 4 rings (SSSR count). The standard InChI is InChI=1S/C25H25N3O3/c1-28(2)14-7-15-31-25(30)19-10-6-11-21-23(19)27-20-13-12-18(16-22(20)26-21)24(29)17-8-4-3-5-9-17/h3-6,8-13,16,26-27H,7,14-15H2,1-2H3. The molecule has 0 unspecified atom stereocenters. The zero-order chi connectivity index (χ0) is 21.8. The highest BCUT2D eigenvalue weighted by Crippen LogP contribution is 2.41. The van der Waals surface area contributed by atoms with Gasteiger partial charge < -0.3 is 20.3 Å². The first-order chi connectivity index (χ1) is 15.0. The van der Waals surface area contributed by atoms with Crippen molar-refractivity contribution in [3.8, 4) is 0 Å². The molecule has 0 spiro atoms. The van der Waals surface area contributed by atoms with E-state index in [1.54, 1.807) is 24.3 Å². The van der Waals surface area contributed by atoms with Crippen LogP contribution in [-0.2, 0) is 4.74 Å². The smallest absolute Gasteiger partial charge is 0.340 e. The molecular weight excluding hydrogens is 390 g/mol. The lowest BCUT2D eigenvalue weighted by molar-refractivity contribution is 0.0494. The summed E-state index contributed by atoms with van der Waals surface area (Å²) < 4.78 is 5.45. The molecule has 0 saturated carbocycles. The molecule has 3 aromatic rings. The van der Waals surface area contributed by atoms with E-state index in [1.165, 1.54) is 0 Å². The maximum absolute atomic E-state index is 12.8. The number of esters is 1. The van der Waals surface area contributed by atoms with E-state index in [0.29, 0.717) is 29.0 Å². The predicted molar refractivity (Wildman–Crippen MR) is 123 cm³/mol. The molecule has 0 bridgehead atoms. The molecule has 0 amide bonds. The summed E-state index contributed by atoms with van der Waals surface area (Å²) in [7, 11) is 3.97. The van der Waals surface area contributed by atoms with Crippen molar-refractivity contribution in [3.63, 3.8) is 0 Å². The summed E-state index contributed by atoms with van der Waals surface area (Å²) in [5.41, 5.74) is 4.74. The number of nitrogens with one attached hydrogen (secondary N) is 2. The van der Waals surface area contributed by atoms with E-state index in [4.69, 9.17) is 4.74 Å². The van der Waals surface area contributed by atoms with Crippen molar-refractivity contribution in [2.24, 2.45) is 0 Å². The highest BCUT2D eigenvalue weighted by Gasteiger charge is 2.22. The Balaban J connectivity index is 1.52. The van der Waals surface area contributed by atoms with Gasteiger partial charge in [-0.2, -0.15) is 0 Å². The number of ketones is 1. The fourth-order valence-electron chi connectivity index (χ4n) is 3.52. The van der Waals surface area contributed by atoms with Crippen LogP contribution in [0.1, 0.15) is 32.7 Å². The van der Waals surface area contributed by atoms with Gasteiger partial charge in [0.1, 0.15) is 0 Å². The largest absolute Gasteiger partial charge is 0.462 e. The third-order valence-electron chi connectivity index (χ3n) is 5.11. The molecule has 0 fully saturated rings. The van der Waals surface area contributed by atoms with Gasteiger partial charge in [-0.25, -0.2) is 4.79 Å². The number of ether oxygens (including phenoxy) is 1. The Morgan fingerprint density at radius 1 is 0.839 bits per heavy atom. The van der Waals surface area contributed by atoms with Crippen molar-refractivity contribution in [1.29, 1.82) is 0 Å². The van der Waals surface area contributed by atoms with Gasteiger partial charge in [-0.3, -0.25) is 4.79 Å². The number of rotatable bonds is 7. The first kappa shape index (κ1) is 20.6. The van der Waals surface area contributed by atoms with Crippen LogP contribution in [0, 0.1) is 0 Å². The van der Waals surface area contributed by atoms with E-state index < -0.39 is 0 Å². The number of nitrogens with zero attached hydrogens (tertiary/aromatic N) is 1. The molecule has 6 nitrogen and oxygen atoms in total. The van der Waals surface area contributed by atoms with Gasteiger partial charge in [0.25, 0.3) is 0 Å². The molecule has 2 N–H and O–H groups in total. The fraction of sp³-hybridized carbons (Fsp3) is 0.200. The van der Waals surface area contributed by atoms with Gasteiger partial charge >= 0.3 is 5.97 Å². The Bertz CT molecular complexity index is 1110. The summed E-state index contributed by atoms with van der Waals surface area (Å²) in [4.78, 5) is 27.5. The SMILES string of the molecule is CN(C)CCCOC(=O)c1cccc2c1Nc1ccc(C(=O)c3ccccc3)cc1N2. The van der Waals surface area contributed by atoms with Gasteiger partial charge in [0.2, 0.25) is 0 Å². The average molecular weight is 415 g/mol. The molecular formula is C25H25N3O3. The summed E-state index contributed by atoms with van der Waals surface area (Å²) in [6.45, 7) is 1.23. The quantitative estimate of drug-likeness (QED) is 0.256. The molecule has 1 heterocycles. The number of hydrogen-bond acceptors (Lipinski definition) is 6. The fourth-order valence-corrected chi connectivity index (χ4v) is 3.52.